The Hall–Kier alpha value is 1.35. The summed E-state index contributed by atoms with van der Waals surface area (Å²) in [6.45, 7) is 0. The number of benzene rings is 1. The van der Waals surface area contributed by atoms with Gasteiger partial charge in [-0.25, -0.2) is 0 Å². The first-order chi connectivity index (χ1) is 5.11. The van der Waals surface area contributed by atoms with Gasteiger partial charge < -0.3 is 4.55 Å². The van der Waals surface area contributed by atoms with Crippen molar-refractivity contribution < 1.29 is 38.3 Å². The second kappa shape index (κ2) is 5.95. The molecule has 2 nitrogen and oxygen atoms in total. The van der Waals surface area contributed by atoms with E-state index in [-0.39, 0.29) is 39.5 Å². The zero-order chi connectivity index (χ0) is 8.43. The van der Waals surface area contributed by atoms with Crippen LogP contribution in [-0.2, 0) is 11.1 Å². The van der Waals surface area contributed by atoms with E-state index >= 15 is 0 Å². The summed E-state index contributed by atoms with van der Waals surface area (Å²) in [6, 6.07) is 4.78. The van der Waals surface area contributed by atoms with Crippen molar-refractivity contribution in [2.45, 2.75) is 4.90 Å². The topological polar surface area (TPSA) is 40.1 Å². The van der Waals surface area contributed by atoms with Gasteiger partial charge in [0.05, 0.1) is 5.02 Å². The molecule has 0 aliphatic rings. The van der Waals surface area contributed by atoms with Crippen LogP contribution >= 0.6 is 34.2 Å². The SMILES string of the molecule is O=S([O-])c1ccc(I)cc1Cl.[Na+]. The third-order valence-corrected chi connectivity index (χ3v) is 2.88. The van der Waals surface area contributed by atoms with Crippen molar-refractivity contribution in [2.75, 3.05) is 0 Å². The fraction of sp³-hybridized carbons (Fsp3) is 0. The van der Waals surface area contributed by atoms with Gasteiger partial charge in [0.1, 0.15) is 0 Å². The average molecular weight is 325 g/mol. The predicted octanol–water partition coefficient (Wildman–Crippen LogP) is -0.813. The molecule has 0 saturated carbocycles. The molecule has 6 heteroatoms. The summed E-state index contributed by atoms with van der Waals surface area (Å²) in [5, 5.41) is 0.269. The van der Waals surface area contributed by atoms with E-state index < -0.39 is 11.1 Å². The fourth-order valence-electron chi connectivity index (χ4n) is 0.610. The van der Waals surface area contributed by atoms with Crippen LogP contribution in [0.25, 0.3) is 0 Å². The third kappa shape index (κ3) is 3.61. The Bertz CT molecular complexity index is 308. The summed E-state index contributed by atoms with van der Waals surface area (Å²) in [7, 11) is 0. The fourth-order valence-corrected chi connectivity index (χ4v) is 2.05. The maximum atomic E-state index is 10.4. The first-order valence-electron chi connectivity index (χ1n) is 2.65. The summed E-state index contributed by atoms with van der Waals surface area (Å²) in [5.74, 6) is 0. The molecule has 0 aliphatic heterocycles. The molecule has 0 bridgehead atoms. The summed E-state index contributed by atoms with van der Waals surface area (Å²) in [4.78, 5) is 0.145. The van der Waals surface area contributed by atoms with E-state index in [1.807, 2.05) is 0 Å². The molecule has 0 saturated heterocycles. The Kier molecular flexibility index (Phi) is 6.62. The van der Waals surface area contributed by atoms with Crippen LogP contribution in [0.4, 0.5) is 0 Å². The summed E-state index contributed by atoms with van der Waals surface area (Å²) in [5.41, 5.74) is 0. The van der Waals surface area contributed by atoms with Gasteiger partial charge in [0.25, 0.3) is 0 Å². The Morgan fingerprint density at radius 1 is 1.50 bits per heavy atom. The Morgan fingerprint density at radius 3 is 2.50 bits per heavy atom. The van der Waals surface area contributed by atoms with E-state index in [4.69, 9.17) is 11.6 Å². The molecule has 1 aromatic carbocycles. The summed E-state index contributed by atoms with van der Waals surface area (Å²) in [6.07, 6.45) is 0. The van der Waals surface area contributed by atoms with Crippen LogP contribution in [0.5, 0.6) is 0 Å². The second-order valence-electron chi connectivity index (χ2n) is 1.81. The molecule has 0 fully saturated rings. The molecule has 60 valence electrons. The van der Waals surface area contributed by atoms with Crippen molar-refractivity contribution in [3.05, 3.63) is 26.8 Å². The van der Waals surface area contributed by atoms with E-state index in [1.54, 1.807) is 12.1 Å². The van der Waals surface area contributed by atoms with Crippen molar-refractivity contribution in [1.29, 1.82) is 0 Å². The first-order valence-corrected chi connectivity index (χ1v) is 5.19. The van der Waals surface area contributed by atoms with Crippen molar-refractivity contribution in [3.63, 3.8) is 0 Å². The first kappa shape index (κ1) is 13.4. The van der Waals surface area contributed by atoms with Crippen LogP contribution < -0.4 is 29.6 Å². The molecule has 1 rings (SSSR count). The van der Waals surface area contributed by atoms with Crippen LogP contribution in [-0.4, -0.2) is 8.76 Å². The molecule has 0 radical (unpaired) electrons. The standard InChI is InChI=1S/C6H4ClIO2S.Na/c7-5-3-4(8)1-2-6(5)11(9)10;/h1-3H,(H,9,10);/q;+1/p-1. The van der Waals surface area contributed by atoms with Crippen LogP contribution in [0.2, 0.25) is 5.02 Å². The average Bonchev–Trinajstić information content (AvgIpc) is 1.85. The van der Waals surface area contributed by atoms with E-state index in [0.717, 1.165) is 3.57 Å². The minimum absolute atomic E-state index is 0. The van der Waals surface area contributed by atoms with Gasteiger partial charge in [0, 0.05) is 8.47 Å². The Morgan fingerprint density at radius 2 is 2.08 bits per heavy atom. The molecular formula is C6H3ClINaO2S. The van der Waals surface area contributed by atoms with E-state index in [2.05, 4.69) is 22.6 Å². The normalized spacial score (nSPS) is 11.9. The third-order valence-electron chi connectivity index (χ3n) is 1.07. The molecule has 0 aromatic heterocycles. The number of halogens is 2. The largest absolute Gasteiger partial charge is 1.00 e. The van der Waals surface area contributed by atoms with Crippen molar-refractivity contribution in [3.8, 4) is 0 Å². The van der Waals surface area contributed by atoms with Crippen LogP contribution in [0.3, 0.4) is 0 Å². The summed E-state index contributed by atoms with van der Waals surface area (Å²) < 4.78 is 21.8. The van der Waals surface area contributed by atoms with Gasteiger partial charge in [-0.2, -0.15) is 0 Å². The van der Waals surface area contributed by atoms with Crippen molar-refractivity contribution in [1.82, 2.24) is 0 Å². The van der Waals surface area contributed by atoms with Gasteiger partial charge in [-0.05, 0) is 51.9 Å². The maximum absolute atomic E-state index is 10.4. The Labute approximate surface area is 114 Å². The zero-order valence-electron chi connectivity index (χ0n) is 6.21. The molecule has 1 atom stereocenters. The minimum Gasteiger partial charge on any atom is -0.768 e. The minimum atomic E-state index is -2.23. The maximum Gasteiger partial charge on any atom is 1.00 e. The van der Waals surface area contributed by atoms with Crippen molar-refractivity contribution >= 4 is 45.3 Å². The smallest absolute Gasteiger partial charge is 0.768 e. The molecule has 1 aromatic rings. The number of hydrogen-bond acceptors (Lipinski definition) is 2. The van der Waals surface area contributed by atoms with Crippen LogP contribution in [0.15, 0.2) is 23.1 Å². The van der Waals surface area contributed by atoms with Gasteiger partial charge in [0.2, 0.25) is 0 Å². The van der Waals surface area contributed by atoms with Crippen LogP contribution in [0.1, 0.15) is 0 Å². The predicted molar refractivity (Wildman–Crippen MR) is 51.4 cm³/mol. The van der Waals surface area contributed by atoms with Gasteiger partial charge in [-0.1, -0.05) is 11.6 Å². The molecule has 0 N–H and O–H groups in total. The van der Waals surface area contributed by atoms with Crippen molar-refractivity contribution in [2.24, 2.45) is 0 Å². The molecule has 0 heterocycles. The van der Waals surface area contributed by atoms with Gasteiger partial charge in [-0.15, -0.1) is 0 Å². The van der Waals surface area contributed by atoms with E-state index in [0.29, 0.717) is 0 Å². The quantitative estimate of drug-likeness (QED) is 0.385. The molecule has 0 amide bonds. The van der Waals surface area contributed by atoms with Gasteiger partial charge in [-0.3, -0.25) is 4.21 Å². The van der Waals surface area contributed by atoms with E-state index in [9.17, 15) is 8.76 Å². The second-order valence-corrected chi connectivity index (χ2v) is 4.37. The molecule has 0 spiro atoms. The molecule has 0 aliphatic carbocycles. The Balaban J connectivity index is 0.00000121. The monoisotopic (exact) mass is 324 g/mol. The van der Waals surface area contributed by atoms with Crippen LogP contribution in [0, 0.1) is 3.57 Å². The molecular weight excluding hydrogens is 321 g/mol. The van der Waals surface area contributed by atoms with Gasteiger partial charge in [0.15, 0.2) is 0 Å². The molecule has 1 unspecified atom stereocenters. The van der Waals surface area contributed by atoms with Gasteiger partial charge >= 0.3 is 29.6 Å². The van der Waals surface area contributed by atoms with E-state index in [1.165, 1.54) is 6.07 Å². The summed E-state index contributed by atoms with van der Waals surface area (Å²) >= 11 is 5.45. The zero-order valence-corrected chi connectivity index (χ0v) is 11.9. The number of hydrogen-bond donors (Lipinski definition) is 0. The number of rotatable bonds is 1. The molecule has 12 heavy (non-hydrogen) atoms.